The van der Waals surface area contributed by atoms with Crippen LogP contribution < -0.4 is 4.74 Å². The second-order valence-electron chi connectivity index (χ2n) is 12.2. The molecule has 2 amide bonds. The Labute approximate surface area is 262 Å². The molecule has 2 bridgehead atoms. The topological polar surface area (TPSA) is 107 Å². The molecule has 3 heterocycles. The summed E-state index contributed by atoms with van der Waals surface area (Å²) in [6.45, 7) is 8.77. The van der Waals surface area contributed by atoms with E-state index in [0.29, 0.717) is 33.5 Å². The normalized spacial score (nSPS) is 24.2. The molecule has 45 heavy (non-hydrogen) atoms. The number of methoxy groups -OCH3 is 1. The second kappa shape index (κ2) is 12.9. The highest BCUT2D eigenvalue weighted by molar-refractivity contribution is 6.26. The van der Waals surface area contributed by atoms with Crippen LogP contribution in [0.1, 0.15) is 69.5 Å². The van der Waals surface area contributed by atoms with Gasteiger partial charge in [-0.15, -0.1) is 0 Å². The van der Waals surface area contributed by atoms with Gasteiger partial charge in [0, 0.05) is 41.6 Å². The predicted molar refractivity (Wildman–Crippen MR) is 167 cm³/mol. The van der Waals surface area contributed by atoms with Gasteiger partial charge in [-0.05, 0) is 71.4 Å². The highest BCUT2D eigenvalue weighted by Gasteiger charge is 2.48. The summed E-state index contributed by atoms with van der Waals surface area (Å²) in [5.74, 6) is -1.81. The summed E-state index contributed by atoms with van der Waals surface area (Å²) in [6.07, 6.45) is 1.62. The molecule has 2 aliphatic heterocycles. The number of hydrogen-bond acceptors (Lipinski definition) is 8. The Morgan fingerprint density at radius 2 is 1.96 bits per heavy atom. The first kappa shape index (κ1) is 32.0. The Morgan fingerprint density at radius 3 is 2.69 bits per heavy atom. The fourth-order valence-electron chi connectivity index (χ4n) is 6.04. The van der Waals surface area contributed by atoms with Crippen LogP contribution in [0.15, 0.2) is 71.5 Å². The Balaban J connectivity index is 1.61. The third kappa shape index (κ3) is 6.51. The maximum Gasteiger partial charge on any atom is 0.262 e. The number of benzene rings is 2. The van der Waals surface area contributed by atoms with Crippen LogP contribution in [0.5, 0.6) is 5.75 Å². The Bertz CT molecular complexity index is 1700. The number of nitrogens with zero attached hydrogens (tertiary/aromatic N) is 3. The van der Waals surface area contributed by atoms with Crippen molar-refractivity contribution in [3.05, 3.63) is 83.3 Å². The van der Waals surface area contributed by atoms with Gasteiger partial charge < -0.3 is 14.3 Å². The van der Waals surface area contributed by atoms with E-state index in [1.807, 2.05) is 45.0 Å². The minimum absolute atomic E-state index is 0.0153. The summed E-state index contributed by atoms with van der Waals surface area (Å²) in [4.78, 5) is 53.0. The first-order valence-corrected chi connectivity index (χ1v) is 15.1. The summed E-state index contributed by atoms with van der Waals surface area (Å²) < 4.78 is 26.8. The molecule has 4 atom stereocenters. The molecule has 1 fully saturated rings. The third-order valence-electron chi connectivity index (χ3n) is 8.47. The van der Waals surface area contributed by atoms with Crippen molar-refractivity contribution >= 4 is 34.2 Å². The van der Waals surface area contributed by atoms with Gasteiger partial charge in [0.25, 0.3) is 5.91 Å². The highest BCUT2D eigenvalue weighted by Crippen LogP contribution is 2.44. The molecule has 10 heteroatoms. The number of ketones is 1. The van der Waals surface area contributed by atoms with Gasteiger partial charge in [-0.25, -0.2) is 4.39 Å². The number of imide groups is 1. The molecule has 5 rings (SSSR count). The summed E-state index contributed by atoms with van der Waals surface area (Å²) >= 11 is 0. The van der Waals surface area contributed by atoms with Gasteiger partial charge in [0.15, 0.2) is 5.78 Å². The number of fused-ring (bicyclic) bond motifs is 3. The monoisotopic (exact) mass is 615 g/mol. The maximum absolute atomic E-state index is 14.6. The van der Waals surface area contributed by atoms with Crippen LogP contribution in [0.25, 0.3) is 10.9 Å². The highest BCUT2D eigenvalue weighted by atomic mass is 19.1. The third-order valence-corrected chi connectivity index (χ3v) is 8.47. The van der Waals surface area contributed by atoms with Gasteiger partial charge in [-0.2, -0.15) is 0 Å². The van der Waals surface area contributed by atoms with Crippen LogP contribution in [0.2, 0.25) is 0 Å². The zero-order chi connectivity index (χ0) is 32.5. The lowest BCUT2D eigenvalue weighted by Crippen LogP contribution is -2.52. The van der Waals surface area contributed by atoms with E-state index < -0.39 is 41.2 Å². The van der Waals surface area contributed by atoms with Crippen LogP contribution in [-0.2, 0) is 19.2 Å². The van der Waals surface area contributed by atoms with E-state index in [0.717, 1.165) is 0 Å². The summed E-state index contributed by atoms with van der Waals surface area (Å²) in [5.41, 5.74) is 0.915. The van der Waals surface area contributed by atoms with Crippen LogP contribution >= 0.6 is 0 Å². The van der Waals surface area contributed by atoms with Crippen molar-refractivity contribution in [1.82, 2.24) is 9.88 Å². The standard InChI is InChI=1S/C35H38FN3O6/c1-20(2)45-38-21(3)28-17-35(5)18-32(27-16-24(36)11-12-31(27)43-6)44-22(4)23(19-39(33(28)41)34(35)42)15-30(40)26-13-14-37-29-10-8-7-9-25(26)29/h7-14,16-17,20,22-23,32H,15,18-19H2,1-6H3/b38-21+/t22?,23-,32?,35+/m1/s1. The van der Waals surface area contributed by atoms with Crippen LogP contribution in [0.4, 0.5) is 4.39 Å². The molecule has 1 aromatic heterocycles. The van der Waals surface area contributed by atoms with Crippen LogP contribution in [0, 0.1) is 17.2 Å². The molecular formula is C35H38FN3O6. The lowest BCUT2D eigenvalue weighted by Gasteiger charge is -2.37. The number of aromatic nitrogens is 1. The quantitative estimate of drug-likeness (QED) is 0.128. The van der Waals surface area contributed by atoms with Crippen molar-refractivity contribution < 1.29 is 33.1 Å². The number of hydrogen-bond donors (Lipinski definition) is 0. The zero-order valence-corrected chi connectivity index (χ0v) is 26.4. The van der Waals surface area contributed by atoms with Crippen LogP contribution in [0.3, 0.4) is 0 Å². The summed E-state index contributed by atoms with van der Waals surface area (Å²) in [5, 5.41) is 4.87. The predicted octanol–water partition coefficient (Wildman–Crippen LogP) is 6.22. The lowest BCUT2D eigenvalue weighted by molar-refractivity contribution is -0.150. The minimum Gasteiger partial charge on any atom is -0.496 e. The zero-order valence-electron chi connectivity index (χ0n) is 26.4. The number of para-hydroxylation sites is 1. The summed E-state index contributed by atoms with van der Waals surface area (Å²) in [7, 11) is 1.48. The molecule has 3 aromatic rings. The number of pyridine rings is 1. The molecule has 0 N–H and O–H groups in total. The number of carbonyl (C=O) groups is 3. The van der Waals surface area contributed by atoms with Gasteiger partial charge in [0.05, 0.1) is 41.5 Å². The Hall–Kier alpha value is -4.44. The molecule has 0 aliphatic carbocycles. The molecule has 1 saturated heterocycles. The lowest BCUT2D eigenvalue weighted by atomic mass is 9.76. The molecular weight excluding hydrogens is 577 g/mol. The van der Waals surface area contributed by atoms with E-state index in [-0.39, 0.29) is 36.8 Å². The van der Waals surface area contributed by atoms with Gasteiger partial charge in [0.2, 0.25) is 5.91 Å². The number of rotatable bonds is 8. The molecule has 0 saturated carbocycles. The molecule has 2 unspecified atom stereocenters. The fourth-order valence-corrected chi connectivity index (χ4v) is 6.04. The number of Topliss-reactive ketones (excluding diaryl/α,β-unsaturated/α-hetero) is 1. The Morgan fingerprint density at radius 1 is 1.20 bits per heavy atom. The van der Waals surface area contributed by atoms with Crippen molar-refractivity contribution in [2.75, 3.05) is 13.7 Å². The van der Waals surface area contributed by atoms with E-state index in [1.54, 1.807) is 32.2 Å². The molecule has 2 aromatic carbocycles. The van der Waals surface area contributed by atoms with E-state index in [9.17, 15) is 18.8 Å². The Kier molecular flexibility index (Phi) is 9.16. The van der Waals surface area contributed by atoms with Gasteiger partial charge >= 0.3 is 0 Å². The molecule has 0 radical (unpaired) electrons. The van der Waals surface area contributed by atoms with Crippen LogP contribution in [-0.4, -0.2) is 59.1 Å². The fraction of sp³-hybridized carbons (Fsp3) is 0.400. The van der Waals surface area contributed by atoms with Gasteiger partial charge in [-0.3, -0.25) is 24.3 Å². The molecule has 9 nitrogen and oxygen atoms in total. The number of oxime groups is 1. The van der Waals surface area contributed by atoms with E-state index in [1.165, 1.54) is 30.2 Å². The van der Waals surface area contributed by atoms with Crippen molar-refractivity contribution in [2.45, 2.75) is 65.8 Å². The number of carbonyl (C=O) groups excluding carboxylic acids is 3. The maximum atomic E-state index is 14.6. The van der Waals surface area contributed by atoms with Crippen molar-refractivity contribution in [2.24, 2.45) is 16.5 Å². The summed E-state index contributed by atoms with van der Waals surface area (Å²) in [6, 6.07) is 13.2. The molecule has 0 spiro atoms. The van der Waals surface area contributed by atoms with Crippen molar-refractivity contribution in [3.63, 3.8) is 0 Å². The smallest absolute Gasteiger partial charge is 0.262 e. The van der Waals surface area contributed by atoms with Crippen molar-refractivity contribution in [1.29, 1.82) is 0 Å². The van der Waals surface area contributed by atoms with E-state index in [2.05, 4.69) is 10.1 Å². The average molecular weight is 616 g/mol. The SMILES string of the molecule is COc1ccc(F)cc1C1C[C@]2(C)C=C(/C(C)=N/OC(C)C)C(=O)N(C[C@@H](CC(=O)c3ccnc4ccccc34)C(C)O1)C2=O. The average Bonchev–Trinajstić information content (AvgIpc) is 3.04. The first-order chi connectivity index (χ1) is 21.4. The van der Waals surface area contributed by atoms with Gasteiger partial charge in [-0.1, -0.05) is 29.4 Å². The number of amides is 2. The second-order valence-corrected chi connectivity index (χ2v) is 12.2. The van der Waals surface area contributed by atoms with E-state index in [4.69, 9.17) is 14.3 Å². The molecule has 2 aliphatic rings. The van der Waals surface area contributed by atoms with Crippen molar-refractivity contribution in [3.8, 4) is 5.75 Å². The van der Waals surface area contributed by atoms with E-state index >= 15 is 0 Å². The van der Waals surface area contributed by atoms with Gasteiger partial charge in [0.1, 0.15) is 17.7 Å². The largest absolute Gasteiger partial charge is 0.496 e. The number of halogens is 1. The first-order valence-electron chi connectivity index (χ1n) is 15.1. The minimum atomic E-state index is -1.24. The number of ether oxygens (including phenoxy) is 2. The molecule has 236 valence electrons.